The van der Waals surface area contributed by atoms with E-state index in [4.69, 9.17) is 4.74 Å². The summed E-state index contributed by atoms with van der Waals surface area (Å²) in [6, 6.07) is -0.212. The molecule has 0 unspecified atom stereocenters. The highest BCUT2D eigenvalue weighted by Crippen LogP contribution is 2.56. The topological polar surface area (TPSA) is 99.2 Å². The number of nitrogens with one attached hydrogen (secondary N) is 1. The van der Waals surface area contributed by atoms with Gasteiger partial charge < -0.3 is 20.3 Å². The molecule has 0 bridgehead atoms. The number of hydrogen-bond donors (Lipinski definition) is 3. The molecule has 2 aliphatic heterocycles. The van der Waals surface area contributed by atoms with E-state index < -0.39 is 29.1 Å². The van der Waals surface area contributed by atoms with Crippen molar-refractivity contribution < 1.29 is 24.5 Å². The van der Waals surface area contributed by atoms with Crippen LogP contribution in [0.2, 0.25) is 0 Å². The predicted molar refractivity (Wildman–Crippen MR) is 103 cm³/mol. The molecule has 0 aromatic carbocycles. The van der Waals surface area contributed by atoms with Gasteiger partial charge in [-0.15, -0.1) is 0 Å². The minimum absolute atomic E-state index is 0.115. The molecule has 1 spiro atoms. The van der Waals surface area contributed by atoms with E-state index in [1.165, 1.54) is 0 Å². The maximum atomic E-state index is 13.7. The fourth-order valence-electron chi connectivity index (χ4n) is 6.06. The number of hydrogen-bond acceptors (Lipinski definition) is 5. The monoisotopic (exact) mass is 389 g/mol. The molecule has 2 saturated heterocycles. The molecular weight excluding hydrogens is 358 g/mol. The van der Waals surface area contributed by atoms with Crippen LogP contribution in [0.1, 0.15) is 47.5 Å². The van der Waals surface area contributed by atoms with Crippen LogP contribution in [0, 0.1) is 23.2 Å². The summed E-state index contributed by atoms with van der Waals surface area (Å²) in [5.41, 5.74) is -0.438. The number of aliphatic hydroxyl groups is 2. The minimum atomic E-state index is -1.39. The fraction of sp³-hybridized carbons (Fsp3) is 0.727. The Morgan fingerprint density at radius 2 is 1.86 bits per heavy atom. The number of amides is 1. The van der Waals surface area contributed by atoms with E-state index >= 15 is 0 Å². The smallest absolute Gasteiger partial charge is 0.235 e. The SMILES string of the molecule is CC1=C(C)[C@H]2[C@H](C)NC(=O)[C@]23C(=O)C[C@H](O)[C@]2(C)O[C@@H]2[C@@H](C)C/C=C\[C@H]3[C@@H]1O. The highest BCUT2D eigenvalue weighted by Gasteiger charge is 2.68. The molecule has 0 aromatic heterocycles. The zero-order chi connectivity index (χ0) is 20.6. The van der Waals surface area contributed by atoms with Crippen molar-refractivity contribution in [3.63, 3.8) is 0 Å². The van der Waals surface area contributed by atoms with Crippen molar-refractivity contribution in [1.82, 2.24) is 5.32 Å². The van der Waals surface area contributed by atoms with Gasteiger partial charge in [0, 0.05) is 24.3 Å². The number of epoxide rings is 1. The lowest BCUT2D eigenvalue weighted by Gasteiger charge is -2.46. The Balaban J connectivity index is 1.88. The zero-order valence-corrected chi connectivity index (χ0v) is 17.2. The van der Waals surface area contributed by atoms with Crippen LogP contribution >= 0.6 is 0 Å². The van der Waals surface area contributed by atoms with Gasteiger partial charge >= 0.3 is 0 Å². The van der Waals surface area contributed by atoms with Gasteiger partial charge in [0.15, 0.2) is 5.78 Å². The summed E-state index contributed by atoms with van der Waals surface area (Å²) in [7, 11) is 0. The van der Waals surface area contributed by atoms with E-state index in [9.17, 15) is 19.8 Å². The molecule has 4 aliphatic rings. The van der Waals surface area contributed by atoms with Crippen LogP contribution in [-0.2, 0) is 14.3 Å². The summed E-state index contributed by atoms with van der Waals surface area (Å²) in [6.07, 6.45) is 2.38. The Morgan fingerprint density at radius 3 is 2.54 bits per heavy atom. The molecule has 9 atom stereocenters. The summed E-state index contributed by atoms with van der Waals surface area (Å²) < 4.78 is 5.81. The second-order valence-corrected chi connectivity index (χ2v) is 9.45. The normalized spacial score (nSPS) is 52.2. The number of rotatable bonds is 0. The average molecular weight is 389 g/mol. The summed E-state index contributed by atoms with van der Waals surface area (Å²) in [5.74, 6) is -1.45. The molecule has 2 heterocycles. The Morgan fingerprint density at radius 1 is 1.18 bits per heavy atom. The molecule has 6 heteroatoms. The highest BCUT2D eigenvalue weighted by molar-refractivity contribution is 6.09. The van der Waals surface area contributed by atoms with E-state index in [1.807, 2.05) is 39.8 Å². The third-order valence-electron chi connectivity index (χ3n) is 7.88. The van der Waals surface area contributed by atoms with Crippen molar-refractivity contribution in [1.29, 1.82) is 0 Å². The number of ketones is 1. The molecule has 28 heavy (non-hydrogen) atoms. The van der Waals surface area contributed by atoms with E-state index in [0.29, 0.717) is 6.42 Å². The maximum Gasteiger partial charge on any atom is 0.235 e. The second-order valence-electron chi connectivity index (χ2n) is 9.45. The Hall–Kier alpha value is -1.50. The molecule has 154 valence electrons. The van der Waals surface area contributed by atoms with Crippen LogP contribution in [0.15, 0.2) is 23.3 Å². The molecule has 2 aliphatic carbocycles. The van der Waals surface area contributed by atoms with Crippen molar-refractivity contribution in [2.75, 3.05) is 0 Å². The average Bonchev–Trinajstić information content (AvgIpc) is 3.25. The molecule has 3 N–H and O–H groups in total. The van der Waals surface area contributed by atoms with Crippen molar-refractivity contribution in [3.05, 3.63) is 23.3 Å². The van der Waals surface area contributed by atoms with Crippen LogP contribution in [0.25, 0.3) is 0 Å². The molecular formula is C22H31NO5. The first kappa shape index (κ1) is 19.8. The lowest BCUT2D eigenvalue weighted by atomic mass is 9.55. The summed E-state index contributed by atoms with van der Waals surface area (Å²) >= 11 is 0. The molecule has 2 fully saturated rings. The summed E-state index contributed by atoms with van der Waals surface area (Å²) in [4.78, 5) is 27.0. The molecule has 6 nitrogen and oxygen atoms in total. The number of allylic oxidation sites excluding steroid dienone is 1. The first-order chi connectivity index (χ1) is 13.1. The second kappa shape index (κ2) is 6.25. The van der Waals surface area contributed by atoms with Crippen LogP contribution < -0.4 is 5.32 Å². The number of Topliss-reactive ketones (excluding diaryl/α,β-unsaturated/α-hetero) is 1. The first-order valence-electron chi connectivity index (χ1n) is 10.3. The quantitative estimate of drug-likeness (QED) is 0.331. The minimum Gasteiger partial charge on any atom is -0.390 e. The zero-order valence-electron chi connectivity index (χ0n) is 17.2. The highest BCUT2D eigenvalue weighted by atomic mass is 16.6. The van der Waals surface area contributed by atoms with Gasteiger partial charge in [0.1, 0.15) is 11.0 Å². The van der Waals surface area contributed by atoms with Crippen molar-refractivity contribution in [3.8, 4) is 0 Å². The summed E-state index contributed by atoms with van der Waals surface area (Å²) in [6.45, 7) is 9.58. The standard InChI is InChI=1S/C22H31NO5/c1-10-7-6-8-14-18(26)12(3)11(2)17-13(4)23-20(27)22(14,17)16(25)9-15(24)21(5)19(10)28-21/h6,8,10,13-15,17-19,24,26H,7,9H2,1-5H3,(H,23,27)/b8-6-/t10-,13-,14-,15-,17-,18+,19+,21-,22+/m0/s1. The van der Waals surface area contributed by atoms with Crippen LogP contribution in [0.4, 0.5) is 0 Å². The molecule has 1 amide bonds. The largest absolute Gasteiger partial charge is 0.390 e. The number of fused-ring (bicyclic) bond motifs is 1. The van der Waals surface area contributed by atoms with Crippen LogP contribution in [0.3, 0.4) is 0 Å². The summed E-state index contributed by atoms with van der Waals surface area (Å²) in [5, 5.41) is 24.9. The van der Waals surface area contributed by atoms with Gasteiger partial charge in [-0.25, -0.2) is 0 Å². The number of carbonyl (C=O) groups excluding carboxylic acids is 2. The van der Waals surface area contributed by atoms with Crippen molar-refractivity contribution in [2.24, 2.45) is 23.2 Å². The van der Waals surface area contributed by atoms with E-state index in [2.05, 4.69) is 12.2 Å². The third kappa shape index (κ3) is 2.37. The molecule has 0 radical (unpaired) electrons. The van der Waals surface area contributed by atoms with Gasteiger partial charge in [0.05, 0.1) is 18.3 Å². The van der Waals surface area contributed by atoms with E-state index in [1.54, 1.807) is 0 Å². The Bertz CT molecular complexity index is 788. The maximum absolute atomic E-state index is 13.7. The van der Waals surface area contributed by atoms with Gasteiger partial charge in [-0.2, -0.15) is 0 Å². The predicted octanol–water partition coefficient (Wildman–Crippen LogP) is 1.51. The van der Waals surface area contributed by atoms with E-state index in [-0.39, 0.29) is 42.1 Å². The van der Waals surface area contributed by atoms with Gasteiger partial charge in [-0.05, 0) is 45.6 Å². The molecule has 0 saturated carbocycles. The Kier molecular flexibility index (Phi) is 4.42. The lowest BCUT2D eigenvalue weighted by Crippen LogP contribution is -2.56. The fourth-order valence-corrected chi connectivity index (χ4v) is 6.06. The third-order valence-corrected chi connectivity index (χ3v) is 7.88. The molecule has 4 rings (SSSR count). The van der Waals surface area contributed by atoms with Gasteiger partial charge in [-0.1, -0.05) is 24.6 Å². The molecule has 0 aromatic rings. The van der Waals surface area contributed by atoms with Gasteiger partial charge in [-0.3, -0.25) is 9.59 Å². The number of carbonyl (C=O) groups is 2. The lowest BCUT2D eigenvalue weighted by molar-refractivity contribution is -0.149. The van der Waals surface area contributed by atoms with E-state index in [0.717, 1.165) is 11.1 Å². The van der Waals surface area contributed by atoms with Crippen molar-refractivity contribution in [2.45, 2.75) is 77.4 Å². The number of ether oxygens (including phenoxy) is 1. The van der Waals surface area contributed by atoms with Crippen molar-refractivity contribution >= 4 is 11.7 Å². The first-order valence-corrected chi connectivity index (χ1v) is 10.3. The van der Waals surface area contributed by atoms with Gasteiger partial charge in [0.25, 0.3) is 0 Å². The number of aliphatic hydroxyl groups excluding tert-OH is 2. The van der Waals surface area contributed by atoms with Crippen LogP contribution in [0.5, 0.6) is 0 Å². The Labute approximate surface area is 166 Å². The van der Waals surface area contributed by atoms with Crippen LogP contribution in [-0.4, -0.2) is 51.9 Å². The van der Waals surface area contributed by atoms with Gasteiger partial charge in [0.2, 0.25) is 5.91 Å².